The molecule has 25 heavy (non-hydrogen) atoms. The first-order chi connectivity index (χ1) is 11.7. The Hall–Kier alpha value is -2.60. The number of pyridine rings is 1. The number of carbonyl (C=O) groups excluding carboxylic acids is 2. The zero-order valence-corrected chi connectivity index (χ0v) is 15.2. The topological polar surface area (TPSA) is 77.5 Å². The Morgan fingerprint density at radius 2 is 1.76 bits per heavy atom. The van der Waals surface area contributed by atoms with E-state index < -0.39 is 11.7 Å². The van der Waals surface area contributed by atoms with E-state index in [1.165, 1.54) is 31.6 Å². The number of amides is 1. The van der Waals surface area contributed by atoms with Crippen LogP contribution in [0.4, 0.5) is 10.5 Å². The molecule has 0 radical (unpaired) electrons. The second-order valence-electron chi connectivity index (χ2n) is 6.20. The lowest BCUT2D eigenvalue weighted by atomic mass is 10.0. The van der Waals surface area contributed by atoms with Crippen LogP contribution in [0.15, 0.2) is 36.7 Å². The van der Waals surface area contributed by atoms with Gasteiger partial charge in [-0.05, 0) is 45.0 Å². The van der Waals surface area contributed by atoms with Crippen molar-refractivity contribution in [1.29, 1.82) is 0 Å². The molecule has 0 aliphatic rings. The quantitative estimate of drug-likeness (QED) is 0.819. The van der Waals surface area contributed by atoms with Gasteiger partial charge in [0.15, 0.2) is 11.5 Å². The van der Waals surface area contributed by atoms with Crippen molar-refractivity contribution in [3.63, 3.8) is 0 Å². The maximum Gasteiger partial charge on any atom is 0.412 e. The number of benzene rings is 1. The number of hydrogen-bond donors (Lipinski definition) is 1. The van der Waals surface area contributed by atoms with Gasteiger partial charge >= 0.3 is 6.09 Å². The molecular weight excluding hydrogens is 344 g/mol. The summed E-state index contributed by atoms with van der Waals surface area (Å²) in [5, 5.41) is 2.84. The zero-order valence-electron chi connectivity index (χ0n) is 14.4. The Labute approximate surface area is 151 Å². The summed E-state index contributed by atoms with van der Waals surface area (Å²) in [6.45, 7) is 5.24. The SMILES string of the molecule is COc1c(Cl)ccc(NC(=O)OC(C)(C)C)c1C(=O)c1ccncc1. The standard InChI is InChI=1S/C18H19ClN2O4/c1-18(2,3)25-17(23)21-13-6-5-12(19)16(24-4)14(13)15(22)11-7-9-20-10-8-11/h5-10H,1-4H3,(H,21,23). The molecule has 1 aromatic carbocycles. The second kappa shape index (κ2) is 7.53. The summed E-state index contributed by atoms with van der Waals surface area (Å²) in [7, 11) is 1.40. The minimum absolute atomic E-state index is 0.145. The number of nitrogens with zero attached hydrogens (tertiary/aromatic N) is 1. The highest BCUT2D eigenvalue weighted by molar-refractivity contribution is 6.33. The molecule has 0 saturated heterocycles. The van der Waals surface area contributed by atoms with E-state index in [1.54, 1.807) is 32.9 Å². The average molecular weight is 363 g/mol. The number of ketones is 1. The first-order valence-corrected chi connectivity index (χ1v) is 7.92. The van der Waals surface area contributed by atoms with Gasteiger partial charge in [0.05, 0.1) is 23.4 Å². The number of carbonyl (C=O) groups is 2. The number of ether oxygens (including phenoxy) is 2. The molecule has 132 valence electrons. The van der Waals surface area contributed by atoms with Crippen LogP contribution in [0.25, 0.3) is 0 Å². The Kier molecular flexibility index (Phi) is 5.64. The highest BCUT2D eigenvalue weighted by Crippen LogP contribution is 2.36. The van der Waals surface area contributed by atoms with Crippen LogP contribution in [0.5, 0.6) is 5.75 Å². The molecule has 1 heterocycles. The van der Waals surface area contributed by atoms with Gasteiger partial charge in [-0.3, -0.25) is 15.1 Å². The molecule has 0 bridgehead atoms. The van der Waals surface area contributed by atoms with Gasteiger partial charge in [0.2, 0.25) is 0 Å². The Morgan fingerprint density at radius 1 is 1.12 bits per heavy atom. The van der Waals surface area contributed by atoms with Crippen molar-refractivity contribution in [2.24, 2.45) is 0 Å². The van der Waals surface area contributed by atoms with E-state index in [-0.39, 0.29) is 27.8 Å². The van der Waals surface area contributed by atoms with Crippen molar-refractivity contribution in [3.8, 4) is 5.75 Å². The van der Waals surface area contributed by atoms with Crippen LogP contribution >= 0.6 is 11.6 Å². The third-order valence-corrected chi connectivity index (χ3v) is 3.42. The maximum absolute atomic E-state index is 12.9. The largest absolute Gasteiger partial charge is 0.494 e. The van der Waals surface area contributed by atoms with Crippen molar-refractivity contribution >= 4 is 29.2 Å². The third-order valence-electron chi connectivity index (χ3n) is 3.12. The normalized spacial score (nSPS) is 10.9. The Morgan fingerprint density at radius 3 is 2.32 bits per heavy atom. The fourth-order valence-electron chi connectivity index (χ4n) is 2.15. The Balaban J connectivity index is 2.47. The summed E-state index contributed by atoms with van der Waals surface area (Å²) < 4.78 is 10.5. The molecule has 0 aliphatic heterocycles. The third kappa shape index (κ3) is 4.70. The average Bonchev–Trinajstić information content (AvgIpc) is 2.54. The Bertz CT molecular complexity index is 786. The van der Waals surface area contributed by atoms with Crippen molar-refractivity contribution in [3.05, 3.63) is 52.8 Å². The highest BCUT2D eigenvalue weighted by Gasteiger charge is 2.24. The molecular formula is C18H19ClN2O4. The van der Waals surface area contributed by atoms with E-state index in [0.717, 1.165) is 0 Å². The van der Waals surface area contributed by atoms with Crippen LogP contribution < -0.4 is 10.1 Å². The van der Waals surface area contributed by atoms with Crippen molar-refractivity contribution in [1.82, 2.24) is 4.98 Å². The number of rotatable bonds is 4. The highest BCUT2D eigenvalue weighted by atomic mass is 35.5. The summed E-state index contributed by atoms with van der Waals surface area (Å²) >= 11 is 6.14. The number of hydrogen-bond acceptors (Lipinski definition) is 5. The van der Waals surface area contributed by atoms with Gasteiger partial charge in [-0.15, -0.1) is 0 Å². The predicted octanol–water partition coefficient (Wildman–Crippen LogP) is 4.32. The summed E-state index contributed by atoms with van der Waals surface area (Å²) in [6.07, 6.45) is 2.33. The molecule has 0 aliphatic carbocycles. The number of nitrogens with one attached hydrogen (secondary N) is 1. The van der Waals surface area contributed by atoms with E-state index in [4.69, 9.17) is 21.1 Å². The first-order valence-electron chi connectivity index (χ1n) is 7.54. The predicted molar refractivity (Wildman–Crippen MR) is 95.5 cm³/mol. The van der Waals surface area contributed by atoms with E-state index >= 15 is 0 Å². The molecule has 7 heteroatoms. The minimum atomic E-state index is -0.680. The number of anilines is 1. The molecule has 0 unspecified atom stereocenters. The number of methoxy groups -OCH3 is 1. The molecule has 6 nitrogen and oxygen atoms in total. The molecule has 0 saturated carbocycles. The molecule has 1 amide bonds. The van der Waals surface area contributed by atoms with Gasteiger partial charge in [-0.25, -0.2) is 4.79 Å². The molecule has 0 spiro atoms. The first kappa shape index (κ1) is 18.7. The zero-order chi connectivity index (χ0) is 18.6. The van der Waals surface area contributed by atoms with Crippen LogP contribution in [0.3, 0.4) is 0 Å². The van der Waals surface area contributed by atoms with E-state index in [1.807, 2.05) is 0 Å². The van der Waals surface area contributed by atoms with Crippen LogP contribution in [0.1, 0.15) is 36.7 Å². The molecule has 0 atom stereocenters. The fourth-order valence-corrected chi connectivity index (χ4v) is 2.38. The van der Waals surface area contributed by atoms with Crippen molar-refractivity contribution in [2.75, 3.05) is 12.4 Å². The minimum Gasteiger partial charge on any atom is -0.494 e. The lowest BCUT2D eigenvalue weighted by Crippen LogP contribution is -2.28. The van der Waals surface area contributed by atoms with Crippen LogP contribution in [-0.2, 0) is 4.74 Å². The van der Waals surface area contributed by atoms with Gasteiger partial charge in [0.1, 0.15) is 5.60 Å². The van der Waals surface area contributed by atoms with Gasteiger partial charge in [-0.2, -0.15) is 0 Å². The van der Waals surface area contributed by atoms with E-state index in [9.17, 15) is 9.59 Å². The summed E-state index contributed by atoms with van der Waals surface area (Å²) in [5.41, 5.74) is 0.114. The summed E-state index contributed by atoms with van der Waals surface area (Å²) in [6, 6.07) is 6.21. The van der Waals surface area contributed by atoms with Gasteiger partial charge in [-0.1, -0.05) is 11.6 Å². The smallest absolute Gasteiger partial charge is 0.412 e. The number of halogens is 1. The van der Waals surface area contributed by atoms with Crippen molar-refractivity contribution < 1.29 is 19.1 Å². The fraction of sp³-hybridized carbons (Fsp3) is 0.278. The van der Waals surface area contributed by atoms with Crippen molar-refractivity contribution in [2.45, 2.75) is 26.4 Å². The summed E-state index contributed by atoms with van der Waals surface area (Å²) in [4.78, 5) is 28.9. The summed E-state index contributed by atoms with van der Waals surface area (Å²) in [5.74, 6) is -0.176. The molecule has 1 N–H and O–H groups in total. The molecule has 2 aromatic rings. The van der Waals surface area contributed by atoms with Gasteiger partial charge < -0.3 is 9.47 Å². The van der Waals surface area contributed by atoms with Crippen LogP contribution in [0, 0.1) is 0 Å². The van der Waals surface area contributed by atoms with E-state index in [2.05, 4.69) is 10.3 Å². The van der Waals surface area contributed by atoms with Gasteiger partial charge in [0.25, 0.3) is 0 Å². The second-order valence-corrected chi connectivity index (χ2v) is 6.60. The monoisotopic (exact) mass is 362 g/mol. The van der Waals surface area contributed by atoms with E-state index in [0.29, 0.717) is 5.56 Å². The van der Waals surface area contributed by atoms with Crippen LogP contribution in [-0.4, -0.2) is 29.6 Å². The van der Waals surface area contributed by atoms with Gasteiger partial charge in [0, 0.05) is 18.0 Å². The lowest BCUT2D eigenvalue weighted by molar-refractivity contribution is 0.0636. The maximum atomic E-state index is 12.9. The lowest BCUT2D eigenvalue weighted by Gasteiger charge is -2.21. The molecule has 0 fully saturated rings. The van der Waals surface area contributed by atoms with Crippen LogP contribution in [0.2, 0.25) is 5.02 Å². The molecule has 1 aromatic heterocycles. The molecule has 2 rings (SSSR count). The number of aromatic nitrogens is 1.